The summed E-state index contributed by atoms with van der Waals surface area (Å²) in [6.07, 6.45) is 1.92. The predicted octanol–water partition coefficient (Wildman–Crippen LogP) is 1.22. The van der Waals surface area contributed by atoms with Crippen LogP contribution in [-0.4, -0.2) is 41.9 Å². The van der Waals surface area contributed by atoms with E-state index in [1.54, 1.807) is 13.3 Å². The molecule has 0 saturated heterocycles. The number of benzene rings is 1. The molecule has 1 heterocycles. The number of carbonyl (C=O) groups excluding carboxylic acids is 2. The number of hydrogen-bond acceptors (Lipinski definition) is 4. The number of ether oxygens (including phenoxy) is 1. The van der Waals surface area contributed by atoms with Crippen LogP contribution in [0.1, 0.15) is 17.6 Å². The van der Waals surface area contributed by atoms with Crippen molar-refractivity contribution in [3.8, 4) is 0 Å². The highest BCUT2D eigenvalue weighted by Gasteiger charge is 2.12. The molecule has 0 bridgehead atoms. The molecule has 0 aliphatic carbocycles. The second-order valence-electron chi connectivity index (χ2n) is 4.35. The van der Waals surface area contributed by atoms with Gasteiger partial charge < -0.3 is 10.1 Å². The largest absolute Gasteiger partial charge is 0.383 e. The van der Waals surface area contributed by atoms with Crippen molar-refractivity contribution < 1.29 is 14.3 Å². The number of para-hydroxylation sites is 1. The normalized spacial score (nSPS) is 10.7. The van der Waals surface area contributed by atoms with E-state index in [-0.39, 0.29) is 24.7 Å². The summed E-state index contributed by atoms with van der Waals surface area (Å²) in [5.41, 5.74) is 0.761. The Kier molecular flexibility index (Phi) is 4.84. The number of nitrogens with one attached hydrogen (secondary N) is 1. The first-order valence-corrected chi connectivity index (χ1v) is 6.44. The first-order valence-electron chi connectivity index (χ1n) is 6.44. The maximum atomic E-state index is 12.0. The van der Waals surface area contributed by atoms with Crippen LogP contribution in [0.15, 0.2) is 30.5 Å². The van der Waals surface area contributed by atoms with E-state index in [4.69, 9.17) is 4.74 Å². The zero-order valence-electron chi connectivity index (χ0n) is 11.3. The Morgan fingerprint density at radius 3 is 2.90 bits per heavy atom. The number of rotatable bonds is 6. The molecule has 0 aliphatic rings. The van der Waals surface area contributed by atoms with Gasteiger partial charge in [-0.1, -0.05) is 18.2 Å². The summed E-state index contributed by atoms with van der Waals surface area (Å²) >= 11 is 0. The zero-order chi connectivity index (χ0) is 14.4. The Labute approximate surface area is 116 Å². The van der Waals surface area contributed by atoms with Crippen molar-refractivity contribution in [3.05, 3.63) is 30.5 Å². The van der Waals surface area contributed by atoms with Gasteiger partial charge in [-0.15, -0.1) is 0 Å². The molecule has 106 valence electrons. The molecule has 0 radical (unpaired) electrons. The molecular formula is C14H17N3O3. The summed E-state index contributed by atoms with van der Waals surface area (Å²) in [7, 11) is 1.57. The second kappa shape index (κ2) is 6.81. The summed E-state index contributed by atoms with van der Waals surface area (Å²) in [6, 6.07) is 7.47. The molecule has 0 atom stereocenters. The molecule has 1 N–H and O–H groups in total. The number of methoxy groups -OCH3 is 1. The van der Waals surface area contributed by atoms with Crippen LogP contribution in [0.5, 0.6) is 0 Å². The number of aromatic nitrogens is 2. The van der Waals surface area contributed by atoms with E-state index in [2.05, 4.69) is 10.4 Å². The van der Waals surface area contributed by atoms with Gasteiger partial charge in [0.05, 0.1) is 18.3 Å². The first-order chi connectivity index (χ1) is 9.72. The Morgan fingerprint density at radius 2 is 2.10 bits per heavy atom. The second-order valence-corrected chi connectivity index (χ2v) is 4.35. The lowest BCUT2D eigenvalue weighted by atomic mass is 10.2. The summed E-state index contributed by atoms with van der Waals surface area (Å²) in [5, 5.41) is 7.65. The van der Waals surface area contributed by atoms with E-state index < -0.39 is 0 Å². The summed E-state index contributed by atoms with van der Waals surface area (Å²) in [6.45, 7) is 0.914. The van der Waals surface area contributed by atoms with Gasteiger partial charge in [0.1, 0.15) is 0 Å². The maximum Gasteiger partial charge on any atom is 0.247 e. The zero-order valence-corrected chi connectivity index (χ0v) is 11.3. The first kappa shape index (κ1) is 14.2. The van der Waals surface area contributed by atoms with E-state index in [1.807, 2.05) is 24.3 Å². The average Bonchev–Trinajstić information content (AvgIpc) is 2.89. The van der Waals surface area contributed by atoms with Crippen molar-refractivity contribution in [2.24, 2.45) is 0 Å². The van der Waals surface area contributed by atoms with Crippen LogP contribution < -0.4 is 5.32 Å². The number of carbonyl (C=O) groups is 2. The van der Waals surface area contributed by atoms with Crippen molar-refractivity contribution in [1.29, 1.82) is 0 Å². The molecule has 0 spiro atoms. The Balaban J connectivity index is 1.90. The smallest absolute Gasteiger partial charge is 0.247 e. The fourth-order valence-corrected chi connectivity index (χ4v) is 1.88. The number of fused-ring (bicyclic) bond motifs is 1. The minimum atomic E-state index is -0.187. The van der Waals surface area contributed by atoms with Crippen molar-refractivity contribution in [2.45, 2.75) is 12.8 Å². The molecule has 1 amide bonds. The van der Waals surface area contributed by atoms with Crippen LogP contribution in [0.2, 0.25) is 0 Å². The number of hydrogen-bond donors (Lipinski definition) is 1. The van der Waals surface area contributed by atoms with Gasteiger partial charge in [-0.05, 0) is 6.07 Å². The molecule has 0 unspecified atom stereocenters. The van der Waals surface area contributed by atoms with Crippen LogP contribution >= 0.6 is 0 Å². The molecule has 0 fully saturated rings. The highest BCUT2D eigenvalue weighted by Crippen LogP contribution is 2.13. The van der Waals surface area contributed by atoms with Crippen molar-refractivity contribution in [3.63, 3.8) is 0 Å². The fourth-order valence-electron chi connectivity index (χ4n) is 1.88. The van der Waals surface area contributed by atoms with Gasteiger partial charge in [-0.3, -0.25) is 9.59 Å². The molecule has 1 aromatic heterocycles. The van der Waals surface area contributed by atoms with Crippen molar-refractivity contribution in [1.82, 2.24) is 15.1 Å². The van der Waals surface area contributed by atoms with Crippen LogP contribution in [0, 0.1) is 0 Å². The predicted molar refractivity (Wildman–Crippen MR) is 74.5 cm³/mol. The van der Waals surface area contributed by atoms with Crippen LogP contribution in [0.4, 0.5) is 0 Å². The Morgan fingerprint density at radius 1 is 1.30 bits per heavy atom. The van der Waals surface area contributed by atoms with Gasteiger partial charge in [-0.25, -0.2) is 4.68 Å². The lowest BCUT2D eigenvalue weighted by Gasteiger charge is -2.04. The lowest BCUT2D eigenvalue weighted by Crippen LogP contribution is -2.27. The quantitative estimate of drug-likeness (QED) is 0.804. The highest BCUT2D eigenvalue weighted by atomic mass is 16.5. The number of amides is 1. The van der Waals surface area contributed by atoms with Gasteiger partial charge in [0.25, 0.3) is 0 Å². The number of nitrogens with zero attached hydrogens (tertiary/aromatic N) is 2. The van der Waals surface area contributed by atoms with Crippen LogP contribution in [-0.2, 0) is 9.53 Å². The fraction of sp³-hybridized carbons (Fsp3) is 0.357. The van der Waals surface area contributed by atoms with Gasteiger partial charge >= 0.3 is 0 Å². The molecule has 20 heavy (non-hydrogen) atoms. The van der Waals surface area contributed by atoms with Gasteiger partial charge in [-0.2, -0.15) is 5.10 Å². The van der Waals surface area contributed by atoms with E-state index in [1.165, 1.54) is 4.68 Å². The Hall–Kier alpha value is -2.21. The third-order valence-electron chi connectivity index (χ3n) is 2.91. The molecule has 2 rings (SSSR count). The molecule has 6 nitrogen and oxygen atoms in total. The van der Waals surface area contributed by atoms with E-state index >= 15 is 0 Å². The monoisotopic (exact) mass is 275 g/mol. The minimum Gasteiger partial charge on any atom is -0.383 e. The van der Waals surface area contributed by atoms with Crippen molar-refractivity contribution in [2.75, 3.05) is 20.3 Å². The summed E-state index contributed by atoms with van der Waals surface area (Å²) < 4.78 is 6.17. The van der Waals surface area contributed by atoms with Crippen LogP contribution in [0.3, 0.4) is 0 Å². The molecule has 0 saturated carbocycles. The standard InChI is InChI=1S/C14H17N3O3/c1-20-9-8-15-13(18)6-7-14(19)17-12-5-3-2-4-11(12)10-16-17/h2-5,10H,6-9H2,1H3,(H,15,18). The van der Waals surface area contributed by atoms with Gasteiger partial charge in [0, 0.05) is 31.9 Å². The van der Waals surface area contributed by atoms with Crippen molar-refractivity contribution >= 4 is 22.7 Å². The van der Waals surface area contributed by atoms with Crippen LogP contribution in [0.25, 0.3) is 10.9 Å². The SMILES string of the molecule is COCCNC(=O)CCC(=O)n1ncc2ccccc21. The molecular weight excluding hydrogens is 258 g/mol. The molecule has 0 aliphatic heterocycles. The Bertz CT molecular complexity index is 606. The van der Waals surface area contributed by atoms with Gasteiger partial charge in [0.15, 0.2) is 0 Å². The summed E-state index contributed by atoms with van der Waals surface area (Å²) in [5.74, 6) is -0.347. The van der Waals surface area contributed by atoms with E-state index in [9.17, 15) is 9.59 Å². The summed E-state index contributed by atoms with van der Waals surface area (Å²) in [4.78, 5) is 23.6. The topological polar surface area (TPSA) is 73.2 Å². The van der Waals surface area contributed by atoms with E-state index in [0.717, 1.165) is 10.9 Å². The van der Waals surface area contributed by atoms with Gasteiger partial charge in [0.2, 0.25) is 11.8 Å². The minimum absolute atomic E-state index is 0.129. The maximum absolute atomic E-state index is 12.0. The molecule has 6 heteroatoms. The molecule has 2 aromatic rings. The van der Waals surface area contributed by atoms with E-state index in [0.29, 0.717) is 13.2 Å². The third-order valence-corrected chi connectivity index (χ3v) is 2.91. The third kappa shape index (κ3) is 3.42. The average molecular weight is 275 g/mol. The highest BCUT2D eigenvalue weighted by molar-refractivity contribution is 5.92. The molecule has 1 aromatic carbocycles. The lowest BCUT2D eigenvalue weighted by molar-refractivity contribution is -0.121.